The Morgan fingerprint density at radius 3 is 2.60 bits per heavy atom. The maximum Gasteiger partial charge on any atom is 0.0639 e. The first kappa shape index (κ1) is 10.2. The third kappa shape index (κ3) is 6.30. The molecule has 0 amide bonds. The molecule has 0 saturated carbocycles. The van der Waals surface area contributed by atoms with Gasteiger partial charge in [-0.2, -0.15) is 0 Å². The van der Waals surface area contributed by atoms with Crippen LogP contribution in [0.25, 0.3) is 0 Å². The molecule has 1 nitrogen and oxygen atoms in total. The number of allylic oxidation sites excluding steroid dienone is 2. The van der Waals surface area contributed by atoms with Crippen molar-refractivity contribution in [1.82, 2.24) is 0 Å². The molecule has 0 fully saturated rings. The van der Waals surface area contributed by atoms with Gasteiger partial charge in [0.1, 0.15) is 0 Å². The molecular formula is C8H15BrO. The van der Waals surface area contributed by atoms with Crippen LogP contribution in [-0.4, -0.2) is 16.5 Å². The molecule has 1 N–H and O–H groups in total. The van der Waals surface area contributed by atoms with Crippen molar-refractivity contribution in [3.8, 4) is 0 Å². The van der Waals surface area contributed by atoms with Gasteiger partial charge in [0.2, 0.25) is 0 Å². The predicted molar refractivity (Wildman–Crippen MR) is 48.5 cm³/mol. The van der Waals surface area contributed by atoms with E-state index in [0.29, 0.717) is 5.33 Å². The third-order valence-corrected chi connectivity index (χ3v) is 1.98. The van der Waals surface area contributed by atoms with Crippen LogP contribution in [0, 0.1) is 0 Å². The monoisotopic (exact) mass is 206 g/mol. The zero-order chi connectivity index (χ0) is 7.98. The molecule has 10 heavy (non-hydrogen) atoms. The van der Waals surface area contributed by atoms with Crippen molar-refractivity contribution >= 4 is 15.9 Å². The minimum absolute atomic E-state index is 0.185. The molecule has 0 aromatic rings. The van der Waals surface area contributed by atoms with Gasteiger partial charge in [-0.15, -0.1) is 0 Å². The van der Waals surface area contributed by atoms with Gasteiger partial charge in [-0.1, -0.05) is 27.6 Å². The highest BCUT2D eigenvalue weighted by atomic mass is 79.9. The summed E-state index contributed by atoms with van der Waals surface area (Å²) in [7, 11) is 0. The van der Waals surface area contributed by atoms with E-state index in [9.17, 15) is 0 Å². The van der Waals surface area contributed by atoms with Gasteiger partial charge < -0.3 is 5.11 Å². The first-order valence-corrected chi connectivity index (χ1v) is 4.66. The van der Waals surface area contributed by atoms with Crippen LogP contribution in [0.1, 0.15) is 26.7 Å². The fraction of sp³-hybridized carbons (Fsp3) is 0.750. The highest BCUT2D eigenvalue weighted by molar-refractivity contribution is 9.09. The standard InChI is InChI=1S/C8H15BrO/c1-7(2)4-3-5-8(10)6-9/h4,8,10H,3,5-6H2,1-2H3. The highest BCUT2D eigenvalue weighted by Gasteiger charge is 1.97. The van der Waals surface area contributed by atoms with Gasteiger partial charge >= 0.3 is 0 Å². The van der Waals surface area contributed by atoms with Crippen molar-refractivity contribution in [1.29, 1.82) is 0 Å². The lowest BCUT2D eigenvalue weighted by molar-refractivity contribution is 0.191. The van der Waals surface area contributed by atoms with Crippen molar-refractivity contribution in [2.75, 3.05) is 5.33 Å². The van der Waals surface area contributed by atoms with E-state index >= 15 is 0 Å². The number of hydrogen-bond donors (Lipinski definition) is 1. The normalized spacial score (nSPS) is 12.8. The SMILES string of the molecule is CC(C)=CCCC(O)CBr. The van der Waals surface area contributed by atoms with Crippen LogP contribution in [0.3, 0.4) is 0 Å². The van der Waals surface area contributed by atoms with Crippen LogP contribution in [-0.2, 0) is 0 Å². The summed E-state index contributed by atoms with van der Waals surface area (Å²) in [5.74, 6) is 0. The molecule has 0 saturated heterocycles. The second-order valence-electron chi connectivity index (χ2n) is 2.67. The van der Waals surface area contributed by atoms with Crippen molar-refractivity contribution in [3.05, 3.63) is 11.6 Å². The van der Waals surface area contributed by atoms with Gasteiger partial charge in [-0.25, -0.2) is 0 Å². The largest absolute Gasteiger partial charge is 0.392 e. The van der Waals surface area contributed by atoms with Gasteiger partial charge in [0.25, 0.3) is 0 Å². The van der Waals surface area contributed by atoms with Crippen LogP contribution >= 0.6 is 15.9 Å². The highest BCUT2D eigenvalue weighted by Crippen LogP contribution is 2.03. The Balaban J connectivity index is 3.28. The van der Waals surface area contributed by atoms with E-state index in [4.69, 9.17) is 5.11 Å². The van der Waals surface area contributed by atoms with E-state index in [1.165, 1.54) is 5.57 Å². The Morgan fingerprint density at radius 1 is 1.60 bits per heavy atom. The topological polar surface area (TPSA) is 20.2 Å². The Morgan fingerprint density at radius 2 is 2.20 bits per heavy atom. The molecule has 2 heteroatoms. The van der Waals surface area contributed by atoms with E-state index in [1.807, 2.05) is 0 Å². The lowest BCUT2D eigenvalue weighted by atomic mass is 10.2. The molecule has 0 aliphatic carbocycles. The third-order valence-electron chi connectivity index (χ3n) is 1.23. The number of aliphatic hydroxyl groups excluding tert-OH is 1. The molecule has 0 aromatic carbocycles. The van der Waals surface area contributed by atoms with E-state index in [-0.39, 0.29) is 6.10 Å². The van der Waals surface area contributed by atoms with Gasteiger partial charge in [-0.3, -0.25) is 0 Å². The number of halogens is 1. The maximum absolute atomic E-state index is 9.09. The van der Waals surface area contributed by atoms with Crippen LogP contribution in [0.4, 0.5) is 0 Å². The minimum atomic E-state index is -0.185. The van der Waals surface area contributed by atoms with Gasteiger partial charge in [-0.05, 0) is 26.7 Å². The van der Waals surface area contributed by atoms with E-state index in [1.54, 1.807) is 0 Å². The number of aliphatic hydroxyl groups is 1. The molecule has 0 aliphatic rings. The van der Waals surface area contributed by atoms with Crippen LogP contribution in [0.15, 0.2) is 11.6 Å². The summed E-state index contributed by atoms with van der Waals surface area (Å²) in [4.78, 5) is 0. The molecule has 0 aromatic heterocycles. The fourth-order valence-electron chi connectivity index (χ4n) is 0.642. The van der Waals surface area contributed by atoms with Crippen LogP contribution in [0.2, 0.25) is 0 Å². The summed E-state index contributed by atoms with van der Waals surface area (Å²) in [6.45, 7) is 4.14. The Hall–Kier alpha value is 0.180. The molecule has 1 unspecified atom stereocenters. The van der Waals surface area contributed by atoms with Crippen molar-refractivity contribution in [2.45, 2.75) is 32.8 Å². The Kier molecular flexibility index (Phi) is 6.03. The molecule has 1 atom stereocenters. The summed E-state index contributed by atoms with van der Waals surface area (Å²) in [6, 6.07) is 0. The number of hydrogen-bond acceptors (Lipinski definition) is 1. The Labute approximate surface area is 71.3 Å². The smallest absolute Gasteiger partial charge is 0.0639 e. The summed E-state index contributed by atoms with van der Waals surface area (Å²) in [6.07, 6.45) is 3.80. The average Bonchev–Trinajstić information content (AvgIpc) is 1.87. The van der Waals surface area contributed by atoms with Gasteiger partial charge in [0.05, 0.1) is 6.10 Å². The second kappa shape index (κ2) is 5.93. The zero-order valence-corrected chi connectivity index (χ0v) is 8.19. The van der Waals surface area contributed by atoms with Crippen LogP contribution in [0.5, 0.6) is 0 Å². The molecular weight excluding hydrogens is 192 g/mol. The minimum Gasteiger partial charge on any atom is -0.392 e. The Bertz CT molecular complexity index is 106. The van der Waals surface area contributed by atoms with E-state index in [2.05, 4.69) is 35.9 Å². The van der Waals surface area contributed by atoms with Crippen molar-refractivity contribution < 1.29 is 5.11 Å². The summed E-state index contributed by atoms with van der Waals surface area (Å²) < 4.78 is 0. The second-order valence-corrected chi connectivity index (χ2v) is 3.31. The molecule has 0 bridgehead atoms. The molecule has 0 rings (SSSR count). The molecule has 0 heterocycles. The average molecular weight is 207 g/mol. The van der Waals surface area contributed by atoms with Crippen molar-refractivity contribution in [3.63, 3.8) is 0 Å². The fourth-order valence-corrected chi connectivity index (χ4v) is 0.965. The van der Waals surface area contributed by atoms with Gasteiger partial charge in [0, 0.05) is 5.33 Å². The lowest BCUT2D eigenvalue weighted by Gasteiger charge is -2.02. The molecule has 0 spiro atoms. The number of rotatable bonds is 4. The number of alkyl halides is 1. The molecule has 60 valence electrons. The van der Waals surface area contributed by atoms with Crippen LogP contribution < -0.4 is 0 Å². The quantitative estimate of drug-likeness (QED) is 0.554. The van der Waals surface area contributed by atoms with E-state index < -0.39 is 0 Å². The first-order valence-electron chi connectivity index (χ1n) is 3.54. The maximum atomic E-state index is 9.09. The summed E-state index contributed by atoms with van der Waals surface area (Å²) in [5, 5.41) is 9.78. The van der Waals surface area contributed by atoms with E-state index in [0.717, 1.165) is 12.8 Å². The molecule has 0 aliphatic heterocycles. The molecule has 0 radical (unpaired) electrons. The van der Waals surface area contributed by atoms with Gasteiger partial charge in [0.15, 0.2) is 0 Å². The first-order chi connectivity index (χ1) is 4.66. The predicted octanol–water partition coefficient (Wildman–Crippen LogP) is 2.49. The summed E-state index contributed by atoms with van der Waals surface area (Å²) in [5.41, 5.74) is 1.32. The summed E-state index contributed by atoms with van der Waals surface area (Å²) >= 11 is 3.21. The van der Waals surface area contributed by atoms with Crippen molar-refractivity contribution in [2.24, 2.45) is 0 Å². The zero-order valence-electron chi connectivity index (χ0n) is 6.60. The lowest BCUT2D eigenvalue weighted by Crippen LogP contribution is -2.06.